The van der Waals surface area contributed by atoms with E-state index in [9.17, 15) is 13.2 Å². The highest BCUT2D eigenvalue weighted by Gasteiger charge is 2.22. The van der Waals surface area contributed by atoms with E-state index < -0.39 is 10.0 Å². The van der Waals surface area contributed by atoms with E-state index in [-0.39, 0.29) is 35.2 Å². The van der Waals surface area contributed by atoms with E-state index in [1.54, 1.807) is 12.1 Å². The Bertz CT molecular complexity index is 744. The number of carbonyl (C=O) groups is 1. The van der Waals surface area contributed by atoms with Gasteiger partial charge in [-0.3, -0.25) is 4.79 Å². The zero-order valence-corrected chi connectivity index (χ0v) is 18.6. The second-order valence-corrected chi connectivity index (χ2v) is 10.7. The molecule has 0 aromatic heterocycles. The van der Waals surface area contributed by atoms with Crippen LogP contribution in [0.15, 0.2) is 29.2 Å². The van der Waals surface area contributed by atoms with Crippen molar-refractivity contribution in [3.8, 4) is 0 Å². The van der Waals surface area contributed by atoms with Crippen molar-refractivity contribution in [3.05, 3.63) is 29.8 Å². The van der Waals surface area contributed by atoms with Crippen molar-refractivity contribution in [2.45, 2.75) is 76.3 Å². The van der Waals surface area contributed by atoms with E-state index >= 15 is 0 Å². The van der Waals surface area contributed by atoms with E-state index in [2.05, 4.69) is 49.6 Å². The summed E-state index contributed by atoms with van der Waals surface area (Å²) in [5.74, 6) is -0.103. The fourth-order valence-electron chi connectivity index (χ4n) is 3.38. The number of hydrogen-bond donors (Lipinski definition) is 2. The van der Waals surface area contributed by atoms with Crippen molar-refractivity contribution in [1.29, 1.82) is 0 Å². The molecular formula is C21H35N3O3S. The zero-order chi connectivity index (χ0) is 20.9. The molecule has 1 amide bonds. The van der Waals surface area contributed by atoms with Gasteiger partial charge in [-0.2, -0.15) is 0 Å². The van der Waals surface area contributed by atoms with Crippen LogP contribution in [-0.2, 0) is 20.2 Å². The third kappa shape index (κ3) is 6.57. The Kier molecular flexibility index (Phi) is 7.65. The van der Waals surface area contributed by atoms with Gasteiger partial charge in [0, 0.05) is 38.1 Å². The lowest BCUT2D eigenvalue weighted by Gasteiger charge is -2.34. The lowest BCUT2D eigenvalue weighted by atomic mass is 9.87. The average molecular weight is 410 g/mol. The normalized spacial score (nSPS) is 17.1. The fraction of sp³-hybridized carbons (Fsp3) is 0.667. The van der Waals surface area contributed by atoms with Gasteiger partial charge >= 0.3 is 0 Å². The van der Waals surface area contributed by atoms with E-state index in [1.165, 1.54) is 0 Å². The number of carbonyl (C=O) groups excluding carboxylic acids is 1. The Morgan fingerprint density at radius 2 is 1.71 bits per heavy atom. The Balaban J connectivity index is 1.78. The minimum Gasteiger partial charge on any atom is -0.353 e. The van der Waals surface area contributed by atoms with Gasteiger partial charge in [-0.05, 0) is 49.8 Å². The van der Waals surface area contributed by atoms with Gasteiger partial charge in [0.1, 0.15) is 0 Å². The van der Waals surface area contributed by atoms with Crippen LogP contribution in [0.4, 0.5) is 0 Å². The first kappa shape index (κ1) is 22.8. The number of piperidine rings is 1. The van der Waals surface area contributed by atoms with Crippen LogP contribution in [0.3, 0.4) is 0 Å². The quantitative estimate of drug-likeness (QED) is 0.726. The van der Waals surface area contributed by atoms with E-state index in [1.807, 2.05) is 12.1 Å². The van der Waals surface area contributed by atoms with Crippen molar-refractivity contribution < 1.29 is 13.2 Å². The summed E-state index contributed by atoms with van der Waals surface area (Å²) in [7, 11) is -3.60. The second kappa shape index (κ2) is 9.37. The van der Waals surface area contributed by atoms with Crippen LogP contribution in [-0.4, -0.2) is 50.9 Å². The first-order valence-corrected chi connectivity index (χ1v) is 11.6. The largest absolute Gasteiger partial charge is 0.353 e. The number of likely N-dealkylation sites (tertiary alicyclic amines) is 1. The molecule has 1 heterocycles. The predicted molar refractivity (Wildman–Crippen MR) is 113 cm³/mol. The molecule has 158 valence electrons. The maximum absolute atomic E-state index is 12.4. The number of nitrogens with one attached hydrogen (secondary N) is 2. The van der Waals surface area contributed by atoms with Crippen molar-refractivity contribution in [3.63, 3.8) is 0 Å². The van der Waals surface area contributed by atoms with Crippen molar-refractivity contribution in [2.24, 2.45) is 0 Å². The minimum absolute atomic E-state index is 0.0286. The molecule has 6 nitrogen and oxygen atoms in total. The summed E-state index contributed by atoms with van der Waals surface area (Å²) >= 11 is 0. The summed E-state index contributed by atoms with van der Waals surface area (Å²) in [6.07, 6.45) is 2.02. The maximum Gasteiger partial charge on any atom is 0.240 e. The van der Waals surface area contributed by atoms with E-state index in [0.717, 1.165) is 31.5 Å². The van der Waals surface area contributed by atoms with Crippen LogP contribution < -0.4 is 10.0 Å². The molecule has 0 saturated carbocycles. The van der Waals surface area contributed by atoms with Crippen LogP contribution in [0.25, 0.3) is 0 Å². The second-order valence-electron chi connectivity index (χ2n) is 8.89. The highest BCUT2D eigenvalue weighted by molar-refractivity contribution is 7.89. The van der Waals surface area contributed by atoms with Gasteiger partial charge in [-0.1, -0.05) is 32.9 Å². The number of amides is 1. The molecule has 0 atom stereocenters. The van der Waals surface area contributed by atoms with Crippen LogP contribution in [0.1, 0.15) is 59.4 Å². The maximum atomic E-state index is 12.4. The molecule has 0 unspecified atom stereocenters. The Morgan fingerprint density at radius 3 is 2.21 bits per heavy atom. The smallest absolute Gasteiger partial charge is 0.240 e. The molecule has 1 fully saturated rings. The molecule has 1 aliphatic heterocycles. The molecule has 1 aromatic carbocycles. The highest BCUT2D eigenvalue weighted by Crippen LogP contribution is 2.23. The van der Waals surface area contributed by atoms with Gasteiger partial charge in [0.05, 0.1) is 4.90 Å². The lowest BCUT2D eigenvalue weighted by Crippen LogP contribution is -2.47. The third-order valence-corrected chi connectivity index (χ3v) is 6.78. The number of sulfonamides is 1. The topological polar surface area (TPSA) is 78.5 Å². The predicted octanol–water partition coefficient (Wildman–Crippen LogP) is 2.64. The number of benzene rings is 1. The number of rotatable bonds is 7. The molecule has 2 rings (SSSR count). The highest BCUT2D eigenvalue weighted by atomic mass is 32.2. The summed E-state index contributed by atoms with van der Waals surface area (Å²) in [5.41, 5.74) is 1.05. The van der Waals surface area contributed by atoms with Crippen LogP contribution >= 0.6 is 0 Å². The van der Waals surface area contributed by atoms with Gasteiger partial charge in [-0.15, -0.1) is 0 Å². The lowest BCUT2D eigenvalue weighted by molar-refractivity contribution is -0.122. The molecule has 1 saturated heterocycles. The molecule has 0 aliphatic carbocycles. The zero-order valence-electron chi connectivity index (χ0n) is 17.8. The van der Waals surface area contributed by atoms with E-state index in [0.29, 0.717) is 6.04 Å². The molecule has 0 radical (unpaired) electrons. The number of hydrogen-bond acceptors (Lipinski definition) is 4. The minimum atomic E-state index is -3.60. The first-order valence-electron chi connectivity index (χ1n) is 10.1. The summed E-state index contributed by atoms with van der Waals surface area (Å²) < 4.78 is 27.4. The molecule has 1 aromatic rings. The van der Waals surface area contributed by atoms with Crippen LogP contribution in [0.2, 0.25) is 0 Å². The summed E-state index contributed by atoms with van der Waals surface area (Å²) in [4.78, 5) is 14.8. The van der Waals surface area contributed by atoms with Gasteiger partial charge in [-0.25, -0.2) is 13.1 Å². The Labute approximate surface area is 170 Å². The molecule has 0 bridgehead atoms. The van der Waals surface area contributed by atoms with Crippen molar-refractivity contribution in [2.75, 3.05) is 19.6 Å². The third-order valence-electron chi connectivity index (χ3n) is 5.30. The summed E-state index contributed by atoms with van der Waals surface area (Å²) in [5, 5.41) is 3.03. The van der Waals surface area contributed by atoms with E-state index in [4.69, 9.17) is 0 Å². The van der Waals surface area contributed by atoms with Gasteiger partial charge in [0.15, 0.2) is 0 Å². The average Bonchev–Trinajstić information content (AvgIpc) is 2.61. The fourth-order valence-corrected chi connectivity index (χ4v) is 4.41. The molecule has 1 aliphatic rings. The molecule has 7 heteroatoms. The standard InChI is InChI=1S/C21H35N3O3S/c1-16(2)24-14-11-18(12-15-24)23-20(25)10-13-22-28(26,27)19-8-6-17(7-9-19)21(3,4)5/h6-9,16,18,22H,10-15H2,1-5H3,(H,23,25). The van der Waals surface area contributed by atoms with Crippen LogP contribution in [0.5, 0.6) is 0 Å². The Morgan fingerprint density at radius 1 is 1.14 bits per heavy atom. The first-order chi connectivity index (χ1) is 13.0. The SMILES string of the molecule is CC(C)N1CCC(NC(=O)CCNS(=O)(=O)c2ccc(C(C)(C)C)cc2)CC1. The summed E-state index contributed by atoms with van der Waals surface area (Å²) in [6, 6.07) is 7.62. The molecule has 2 N–H and O–H groups in total. The molecule has 0 spiro atoms. The summed E-state index contributed by atoms with van der Waals surface area (Å²) in [6.45, 7) is 12.7. The monoisotopic (exact) mass is 409 g/mol. The van der Waals surface area contributed by atoms with Crippen molar-refractivity contribution >= 4 is 15.9 Å². The van der Waals surface area contributed by atoms with Gasteiger partial charge in [0.25, 0.3) is 0 Å². The molecular weight excluding hydrogens is 374 g/mol. The van der Waals surface area contributed by atoms with Gasteiger partial charge < -0.3 is 10.2 Å². The van der Waals surface area contributed by atoms with Crippen LogP contribution in [0, 0.1) is 0 Å². The molecule has 28 heavy (non-hydrogen) atoms. The number of nitrogens with zero attached hydrogens (tertiary/aromatic N) is 1. The van der Waals surface area contributed by atoms with Crippen molar-refractivity contribution in [1.82, 2.24) is 14.9 Å². The Hall–Kier alpha value is -1.44. The van der Waals surface area contributed by atoms with Gasteiger partial charge in [0.2, 0.25) is 15.9 Å².